The van der Waals surface area contributed by atoms with E-state index in [-0.39, 0.29) is 35.5 Å². The molecule has 0 aromatic carbocycles. The molecule has 6 nitrogen and oxygen atoms in total. The molecule has 0 bridgehead atoms. The van der Waals surface area contributed by atoms with Gasteiger partial charge in [0.1, 0.15) is 0 Å². The third kappa shape index (κ3) is 3.61. The summed E-state index contributed by atoms with van der Waals surface area (Å²) in [6.45, 7) is 6.75. The van der Waals surface area contributed by atoms with E-state index < -0.39 is 0 Å². The fourth-order valence-corrected chi connectivity index (χ4v) is 4.56. The second kappa shape index (κ2) is 6.99. The van der Waals surface area contributed by atoms with Crippen LogP contribution in [0.3, 0.4) is 0 Å². The topological polar surface area (TPSA) is 71.5 Å². The van der Waals surface area contributed by atoms with E-state index in [0.717, 1.165) is 37.1 Å². The van der Waals surface area contributed by atoms with Gasteiger partial charge in [0, 0.05) is 31.9 Å². The van der Waals surface area contributed by atoms with Crippen LogP contribution in [0.15, 0.2) is 18.3 Å². The maximum Gasteiger partial charge on any atom is 0.227 e. The monoisotopic (exact) mass is 359 g/mol. The van der Waals surface area contributed by atoms with E-state index in [1.54, 1.807) is 13.2 Å². The number of carbonyl (C=O) groups excluding carboxylic acids is 2. The molecule has 26 heavy (non-hydrogen) atoms. The Labute approximate surface area is 155 Å². The number of hydrogen-bond donors (Lipinski definition) is 1. The van der Waals surface area contributed by atoms with E-state index in [2.05, 4.69) is 10.3 Å². The number of carbonyl (C=O) groups is 2. The highest BCUT2D eigenvalue weighted by atomic mass is 16.5. The Hall–Kier alpha value is -1.95. The molecule has 142 valence electrons. The van der Waals surface area contributed by atoms with E-state index in [0.29, 0.717) is 6.42 Å². The SMILES string of the molecule is CNC(=O)C[C@@H]1OC(C)(C)C[C@]12CCCN2C(=O)Cc1ccc(C)nc1. The molecule has 1 spiro atoms. The summed E-state index contributed by atoms with van der Waals surface area (Å²) in [6.07, 6.45) is 4.72. The number of ether oxygens (including phenoxy) is 1. The van der Waals surface area contributed by atoms with Crippen molar-refractivity contribution in [3.63, 3.8) is 0 Å². The number of hydrogen-bond acceptors (Lipinski definition) is 4. The maximum atomic E-state index is 13.1. The fraction of sp³-hybridized carbons (Fsp3) is 0.650. The number of aryl methyl sites for hydroxylation is 1. The Morgan fingerprint density at radius 2 is 2.15 bits per heavy atom. The van der Waals surface area contributed by atoms with Crippen LogP contribution in [0, 0.1) is 6.92 Å². The number of rotatable bonds is 4. The van der Waals surface area contributed by atoms with Crippen LogP contribution < -0.4 is 5.32 Å². The van der Waals surface area contributed by atoms with Gasteiger partial charge in [-0.25, -0.2) is 0 Å². The molecule has 1 aromatic rings. The minimum atomic E-state index is -0.384. The maximum absolute atomic E-state index is 13.1. The third-order valence-electron chi connectivity index (χ3n) is 5.60. The molecule has 2 saturated heterocycles. The normalized spacial score (nSPS) is 27.1. The Kier molecular flexibility index (Phi) is 5.06. The summed E-state index contributed by atoms with van der Waals surface area (Å²) < 4.78 is 6.24. The largest absolute Gasteiger partial charge is 0.369 e. The van der Waals surface area contributed by atoms with Gasteiger partial charge in [-0.3, -0.25) is 14.6 Å². The zero-order valence-electron chi connectivity index (χ0n) is 16.2. The molecule has 1 aromatic heterocycles. The Morgan fingerprint density at radius 1 is 1.38 bits per heavy atom. The number of likely N-dealkylation sites (tertiary alicyclic amines) is 1. The summed E-state index contributed by atoms with van der Waals surface area (Å²) in [6, 6.07) is 3.89. The van der Waals surface area contributed by atoms with Gasteiger partial charge in [-0.05, 0) is 45.2 Å². The van der Waals surface area contributed by atoms with E-state index in [9.17, 15) is 9.59 Å². The van der Waals surface area contributed by atoms with Crippen LogP contribution in [0.5, 0.6) is 0 Å². The molecule has 0 radical (unpaired) electrons. The van der Waals surface area contributed by atoms with E-state index in [1.165, 1.54) is 0 Å². The number of aromatic nitrogens is 1. The highest BCUT2D eigenvalue weighted by molar-refractivity contribution is 5.81. The number of amides is 2. The molecule has 3 heterocycles. The standard InChI is InChI=1S/C20H29N3O3/c1-14-6-7-15(12-22-14)10-18(25)23-9-5-8-20(23)13-19(2,3)26-16(20)11-17(24)21-4/h6-7,12,16H,5,8-11,13H2,1-4H3,(H,21,24)/t16-,20+/m0/s1. The molecule has 1 N–H and O–H groups in total. The van der Waals surface area contributed by atoms with E-state index in [1.807, 2.05) is 37.8 Å². The molecule has 2 aliphatic heterocycles. The van der Waals surface area contributed by atoms with E-state index in [4.69, 9.17) is 4.74 Å². The number of pyridine rings is 1. The van der Waals surface area contributed by atoms with Crippen molar-refractivity contribution in [1.29, 1.82) is 0 Å². The smallest absolute Gasteiger partial charge is 0.227 e. The Morgan fingerprint density at radius 3 is 2.81 bits per heavy atom. The minimum absolute atomic E-state index is 0.0471. The molecule has 6 heteroatoms. The second-order valence-electron chi connectivity index (χ2n) is 8.16. The first-order valence-electron chi connectivity index (χ1n) is 9.36. The van der Waals surface area contributed by atoms with Crippen LogP contribution in [-0.2, 0) is 20.7 Å². The van der Waals surface area contributed by atoms with Crippen LogP contribution in [-0.4, -0.2) is 52.5 Å². The average molecular weight is 359 g/mol. The summed E-state index contributed by atoms with van der Waals surface area (Å²) in [5, 5.41) is 2.68. The molecule has 2 aliphatic rings. The first-order valence-corrected chi connectivity index (χ1v) is 9.36. The third-order valence-corrected chi connectivity index (χ3v) is 5.60. The summed E-state index contributed by atoms with van der Waals surface area (Å²) in [7, 11) is 1.64. The van der Waals surface area contributed by atoms with Gasteiger partial charge in [-0.1, -0.05) is 6.07 Å². The number of nitrogens with zero attached hydrogens (tertiary/aromatic N) is 2. The predicted octanol–water partition coefficient (Wildman–Crippen LogP) is 2.00. The van der Waals surface area contributed by atoms with Gasteiger partial charge in [-0.2, -0.15) is 0 Å². The fourth-order valence-electron chi connectivity index (χ4n) is 4.56. The van der Waals surface area contributed by atoms with E-state index >= 15 is 0 Å². The first kappa shape index (κ1) is 18.8. The van der Waals surface area contributed by atoms with Gasteiger partial charge in [0.25, 0.3) is 0 Å². The zero-order valence-corrected chi connectivity index (χ0v) is 16.2. The highest BCUT2D eigenvalue weighted by Gasteiger charge is 2.58. The highest BCUT2D eigenvalue weighted by Crippen LogP contribution is 2.49. The lowest BCUT2D eigenvalue weighted by molar-refractivity contribution is -0.139. The second-order valence-corrected chi connectivity index (χ2v) is 8.16. The molecule has 0 unspecified atom stereocenters. The summed E-state index contributed by atoms with van der Waals surface area (Å²) in [5.41, 5.74) is 1.14. The van der Waals surface area contributed by atoms with Crippen LogP contribution in [0.25, 0.3) is 0 Å². The van der Waals surface area contributed by atoms with Crippen LogP contribution in [0.4, 0.5) is 0 Å². The lowest BCUT2D eigenvalue weighted by Gasteiger charge is -2.39. The first-order chi connectivity index (χ1) is 12.3. The van der Waals surface area contributed by atoms with Gasteiger partial charge in [0.2, 0.25) is 11.8 Å². The number of nitrogens with one attached hydrogen (secondary N) is 1. The molecule has 2 fully saturated rings. The van der Waals surface area contributed by atoms with Crippen molar-refractivity contribution < 1.29 is 14.3 Å². The van der Waals surface area contributed by atoms with Gasteiger partial charge in [0.05, 0.1) is 30.1 Å². The van der Waals surface area contributed by atoms with Crippen LogP contribution in [0.1, 0.15) is 50.8 Å². The summed E-state index contributed by atoms with van der Waals surface area (Å²) in [4.78, 5) is 31.4. The molecule has 2 atom stereocenters. The Bertz CT molecular complexity index is 686. The average Bonchev–Trinajstić information content (AvgIpc) is 3.10. The van der Waals surface area contributed by atoms with Gasteiger partial charge in [-0.15, -0.1) is 0 Å². The zero-order chi connectivity index (χ0) is 18.9. The van der Waals surface area contributed by atoms with Crippen molar-refractivity contribution in [1.82, 2.24) is 15.2 Å². The molecule has 0 saturated carbocycles. The minimum Gasteiger partial charge on any atom is -0.369 e. The van der Waals surface area contributed by atoms with Gasteiger partial charge in [0.15, 0.2) is 0 Å². The van der Waals surface area contributed by atoms with Gasteiger partial charge >= 0.3 is 0 Å². The van der Waals surface area contributed by atoms with Crippen molar-refractivity contribution >= 4 is 11.8 Å². The predicted molar refractivity (Wildman–Crippen MR) is 98.6 cm³/mol. The lowest BCUT2D eigenvalue weighted by Crippen LogP contribution is -2.54. The molecule has 0 aliphatic carbocycles. The molecule has 3 rings (SSSR count). The van der Waals surface area contributed by atoms with Crippen molar-refractivity contribution in [2.75, 3.05) is 13.6 Å². The Balaban J connectivity index is 1.82. The molecule has 2 amide bonds. The van der Waals surface area contributed by atoms with Crippen molar-refractivity contribution in [3.05, 3.63) is 29.6 Å². The van der Waals surface area contributed by atoms with Gasteiger partial charge < -0.3 is 15.0 Å². The van der Waals surface area contributed by atoms with Crippen molar-refractivity contribution in [2.24, 2.45) is 0 Å². The molecular weight excluding hydrogens is 330 g/mol. The molecular formula is C20H29N3O3. The van der Waals surface area contributed by atoms with Crippen LogP contribution >= 0.6 is 0 Å². The van der Waals surface area contributed by atoms with Crippen molar-refractivity contribution in [3.8, 4) is 0 Å². The van der Waals surface area contributed by atoms with Crippen LogP contribution in [0.2, 0.25) is 0 Å². The quantitative estimate of drug-likeness (QED) is 0.892. The van der Waals surface area contributed by atoms with Crippen molar-refractivity contribution in [2.45, 2.75) is 70.1 Å². The summed E-state index contributed by atoms with van der Waals surface area (Å²) in [5.74, 6) is 0.0467. The summed E-state index contributed by atoms with van der Waals surface area (Å²) >= 11 is 0. The lowest BCUT2D eigenvalue weighted by atomic mass is 9.82.